The summed E-state index contributed by atoms with van der Waals surface area (Å²) in [5.74, 6) is 0. The van der Waals surface area contributed by atoms with Gasteiger partial charge in [0.25, 0.3) is 0 Å². The Morgan fingerprint density at radius 3 is 2.44 bits per heavy atom. The molecule has 0 saturated carbocycles. The Kier molecular flexibility index (Phi) is 4.40. The van der Waals surface area contributed by atoms with Crippen LogP contribution in [0.25, 0.3) is 11.1 Å². The molecule has 0 bridgehead atoms. The van der Waals surface area contributed by atoms with Crippen molar-refractivity contribution in [2.24, 2.45) is 5.73 Å². The van der Waals surface area contributed by atoms with E-state index in [1.807, 2.05) is 30.3 Å². The van der Waals surface area contributed by atoms with Gasteiger partial charge in [-0.15, -0.1) is 0 Å². The SMILES string of the molecule is CCCC(N)c1cc(-c2ccccc2)ccc1Cl. The van der Waals surface area contributed by atoms with E-state index in [0.717, 1.165) is 23.4 Å². The van der Waals surface area contributed by atoms with E-state index in [1.54, 1.807) is 0 Å². The molecule has 0 aliphatic rings. The molecule has 94 valence electrons. The molecule has 0 radical (unpaired) electrons. The minimum absolute atomic E-state index is 0.0196. The zero-order valence-corrected chi connectivity index (χ0v) is 11.3. The van der Waals surface area contributed by atoms with Gasteiger partial charge in [-0.25, -0.2) is 0 Å². The summed E-state index contributed by atoms with van der Waals surface area (Å²) in [7, 11) is 0. The molecular formula is C16H18ClN. The van der Waals surface area contributed by atoms with Crippen LogP contribution < -0.4 is 5.73 Å². The quantitative estimate of drug-likeness (QED) is 0.838. The molecule has 1 unspecified atom stereocenters. The highest BCUT2D eigenvalue weighted by molar-refractivity contribution is 6.31. The van der Waals surface area contributed by atoms with Gasteiger partial charge in [-0.2, -0.15) is 0 Å². The first kappa shape index (κ1) is 13.1. The predicted molar refractivity (Wildman–Crippen MR) is 78.7 cm³/mol. The van der Waals surface area contributed by atoms with Gasteiger partial charge in [-0.1, -0.05) is 61.3 Å². The van der Waals surface area contributed by atoms with E-state index < -0.39 is 0 Å². The van der Waals surface area contributed by atoms with Crippen molar-refractivity contribution in [1.29, 1.82) is 0 Å². The molecule has 0 aromatic heterocycles. The number of hydrogen-bond donors (Lipinski definition) is 1. The van der Waals surface area contributed by atoms with Crippen molar-refractivity contribution in [3.8, 4) is 11.1 Å². The molecule has 1 nitrogen and oxygen atoms in total. The van der Waals surface area contributed by atoms with Crippen LogP contribution in [0.4, 0.5) is 0 Å². The predicted octanol–water partition coefficient (Wildman–Crippen LogP) is 4.81. The lowest BCUT2D eigenvalue weighted by Gasteiger charge is -2.14. The fourth-order valence-electron chi connectivity index (χ4n) is 2.10. The lowest BCUT2D eigenvalue weighted by molar-refractivity contribution is 0.639. The van der Waals surface area contributed by atoms with Gasteiger partial charge >= 0.3 is 0 Å². The number of halogens is 1. The molecule has 18 heavy (non-hydrogen) atoms. The Labute approximate surface area is 114 Å². The van der Waals surface area contributed by atoms with Crippen molar-refractivity contribution in [2.75, 3.05) is 0 Å². The standard InChI is InChI=1S/C16H18ClN/c1-2-6-16(18)14-11-13(9-10-15(14)17)12-7-4-3-5-8-12/h3-5,7-11,16H,2,6,18H2,1H3. The molecule has 0 spiro atoms. The van der Waals surface area contributed by atoms with Crippen LogP contribution in [0.1, 0.15) is 31.4 Å². The van der Waals surface area contributed by atoms with Crippen LogP contribution >= 0.6 is 11.6 Å². The highest BCUT2D eigenvalue weighted by Crippen LogP contribution is 2.29. The Bertz CT molecular complexity index is 508. The Morgan fingerprint density at radius 1 is 1.06 bits per heavy atom. The molecular weight excluding hydrogens is 242 g/mol. The molecule has 2 rings (SSSR count). The first-order chi connectivity index (χ1) is 8.72. The summed E-state index contributed by atoms with van der Waals surface area (Å²) in [5.41, 5.74) is 9.57. The highest BCUT2D eigenvalue weighted by atomic mass is 35.5. The zero-order valence-electron chi connectivity index (χ0n) is 10.6. The van der Waals surface area contributed by atoms with E-state index in [1.165, 1.54) is 11.1 Å². The van der Waals surface area contributed by atoms with Gasteiger partial charge in [0.15, 0.2) is 0 Å². The van der Waals surface area contributed by atoms with Gasteiger partial charge in [0, 0.05) is 11.1 Å². The Balaban J connectivity index is 2.38. The maximum atomic E-state index is 6.23. The first-order valence-electron chi connectivity index (χ1n) is 6.33. The molecule has 0 fully saturated rings. The van der Waals surface area contributed by atoms with Crippen molar-refractivity contribution < 1.29 is 0 Å². The normalized spacial score (nSPS) is 12.4. The van der Waals surface area contributed by atoms with Crippen LogP contribution in [-0.2, 0) is 0 Å². The second-order valence-corrected chi connectivity index (χ2v) is 4.90. The summed E-state index contributed by atoms with van der Waals surface area (Å²) < 4.78 is 0. The van der Waals surface area contributed by atoms with E-state index in [-0.39, 0.29) is 6.04 Å². The molecule has 2 heteroatoms. The van der Waals surface area contributed by atoms with Gasteiger partial charge in [-0.05, 0) is 35.2 Å². The average molecular weight is 260 g/mol. The molecule has 1 atom stereocenters. The van der Waals surface area contributed by atoms with Gasteiger partial charge in [0.1, 0.15) is 0 Å². The minimum Gasteiger partial charge on any atom is -0.324 e. The summed E-state index contributed by atoms with van der Waals surface area (Å²) in [4.78, 5) is 0. The van der Waals surface area contributed by atoms with Crippen LogP contribution in [0.3, 0.4) is 0 Å². The van der Waals surface area contributed by atoms with Crippen molar-refractivity contribution >= 4 is 11.6 Å². The number of nitrogens with two attached hydrogens (primary N) is 1. The third-order valence-corrected chi connectivity index (χ3v) is 3.45. The molecule has 0 amide bonds. The summed E-state index contributed by atoms with van der Waals surface area (Å²) in [6.45, 7) is 2.13. The van der Waals surface area contributed by atoms with Crippen molar-refractivity contribution in [2.45, 2.75) is 25.8 Å². The van der Waals surface area contributed by atoms with E-state index in [9.17, 15) is 0 Å². The molecule has 2 N–H and O–H groups in total. The van der Waals surface area contributed by atoms with E-state index in [0.29, 0.717) is 0 Å². The van der Waals surface area contributed by atoms with Gasteiger partial charge in [0.2, 0.25) is 0 Å². The fourth-order valence-corrected chi connectivity index (χ4v) is 2.36. The van der Waals surface area contributed by atoms with E-state index >= 15 is 0 Å². The molecule has 0 aliphatic carbocycles. The third-order valence-electron chi connectivity index (χ3n) is 3.10. The summed E-state index contributed by atoms with van der Waals surface area (Å²) in [6.07, 6.45) is 2.02. The highest BCUT2D eigenvalue weighted by Gasteiger charge is 2.10. The van der Waals surface area contributed by atoms with Crippen LogP contribution in [0, 0.1) is 0 Å². The number of benzene rings is 2. The number of rotatable bonds is 4. The van der Waals surface area contributed by atoms with Crippen molar-refractivity contribution in [3.05, 3.63) is 59.1 Å². The van der Waals surface area contributed by atoms with Crippen LogP contribution in [0.2, 0.25) is 5.02 Å². The second kappa shape index (κ2) is 6.03. The van der Waals surface area contributed by atoms with E-state index in [2.05, 4.69) is 25.1 Å². The Hall–Kier alpha value is -1.31. The van der Waals surface area contributed by atoms with E-state index in [4.69, 9.17) is 17.3 Å². The monoisotopic (exact) mass is 259 g/mol. The van der Waals surface area contributed by atoms with Crippen LogP contribution in [0.15, 0.2) is 48.5 Å². The lowest BCUT2D eigenvalue weighted by Crippen LogP contribution is -2.10. The smallest absolute Gasteiger partial charge is 0.0454 e. The van der Waals surface area contributed by atoms with Gasteiger partial charge in [0.05, 0.1) is 0 Å². The summed E-state index contributed by atoms with van der Waals surface area (Å²) >= 11 is 6.23. The lowest BCUT2D eigenvalue weighted by atomic mass is 9.97. The Morgan fingerprint density at radius 2 is 1.78 bits per heavy atom. The van der Waals surface area contributed by atoms with Gasteiger partial charge < -0.3 is 5.73 Å². The average Bonchev–Trinajstić information content (AvgIpc) is 2.40. The maximum Gasteiger partial charge on any atom is 0.0454 e. The van der Waals surface area contributed by atoms with Gasteiger partial charge in [-0.3, -0.25) is 0 Å². The second-order valence-electron chi connectivity index (χ2n) is 4.50. The summed E-state index contributed by atoms with van der Waals surface area (Å²) in [6, 6.07) is 16.4. The molecule has 0 saturated heterocycles. The van der Waals surface area contributed by atoms with Crippen LogP contribution in [-0.4, -0.2) is 0 Å². The van der Waals surface area contributed by atoms with Crippen molar-refractivity contribution in [1.82, 2.24) is 0 Å². The molecule has 2 aromatic rings. The number of hydrogen-bond acceptors (Lipinski definition) is 1. The maximum absolute atomic E-state index is 6.23. The first-order valence-corrected chi connectivity index (χ1v) is 6.70. The third kappa shape index (κ3) is 2.92. The minimum atomic E-state index is 0.0196. The molecule has 0 aliphatic heterocycles. The molecule has 2 aromatic carbocycles. The largest absolute Gasteiger partial charge is 0.324 e. The zero-order chi connectivity index (χ0) is 13.0. The molecule has 0 heterocycles. The topological polar surface area (TPSA) is 26.0 Å². The van der Waals surface area contributed by atoms with Crippen LogP contribution in [0.5, 0.6) is 0 Å². The fraction of sp³-hybridized carbons (Fsp3) is 0.250. The van der Waals surface area contributed by atoms with Crippen molar-refractivity contribution in [3.63, 3.8) is 0 Å². The summed E-state index contributed by atoms with van der Waals surface area (Å²) in [5, 5.41) is 0.760.